The van der Waals surface area contributed by atoms with Gasteiger partial charge in [-0.15, -0.1) is 11.6 Å². The molecular formula is C20H25ClN2O3. The minimum atomic E-state index is -0.163. The number of benzene rings is 1. The standard InChI is InChI=1S/C20H25ClN2O3/c1-20(2,3)17-13-26-18(22-17)12-23(19(24)10-21)11-16-15-7-5-4-6-14(15)8-9-25-16/h4-7,13,16H,8-12H2,1-3H3. The van der Waals surface area contributed by atoms with Crippen molar-refractivity contribution in [2.45, 2.75) is 45.3 Å². The maximum Gasteiger partial charge on any atom is 0.238 e. The lowest BCUT2D eigenvalue weighted by Crippen LogP contribution is -2.37. The van der Waals surface area contributed by atoms with Gasteiger partial charge >= 0.3 is 0 Å². The molecule has 0 N–H and O–H groups in total. The number of halogens is 1. The van der Waals surface area contributed by atoms with Crippen LogP contribution in [0.5, 0.6) is 0 Å². The largest absolute Gasteiger partial charge is 0.447 e. The Morgan fingerprint density at radius 1 is 1.35 bits per heavy atom. The average molecular weight is 377 g/mol. The van der Waals surface area contributed by atoms with Crippen LogP contribution in [0, 0.1) is 0 Å². The van der Waals surface area contributed by atoms with Crippen LogP contribution in [0.1, 0.15) is 49.6 Å². The zero-order valence-electron chi connectivity index (χ0n) is 15.5. The van der Waals surface area contributed by atoms with Gasteiger partial charge in [-0.1, -0.05) is 45.0 Å². The molecule has 2 aromatic rings. The molecule has 1 aromatic carbocycles. The topological polar surface area (TPSA) is 55.6 Å². The molecule has 1 aliphatic heterocycles. The van der Waals surface area contributed by atoms with Gasteiger partial charge in [-0.05, 0) is 17.5 Å². The number of carbonyl (C=O) groups is 1. The van der Waals surface area contributed by atoms with Crippen molar-refractivity contribution in [3.63, 3.8) is 0 Å². The predicted molar refractivity (Wildman–Crippen MR) is 100 cm³/mol. The summed E-state index contributed by atoms with van der Waals surface area (Å²) in [4.78, 5) is 18.6. The van der Waals surface area contributed by atoms with Crippen molar-refractivity contribution in [2.24, 2.45) is 0 Å². The highest BCUT2D eigenvalue weighted by Gasteiger charge is 2.27. The van der Waals surface area contributed by atoms with Crippen LogP contribution in [0.3, 0.4) is 0 Å². The number of hydrogen-bond acceptors (Lipinski definition) is 4. The number of nitrogens with zero attached hydrogens (tertiary/aromatic N) is 2. The Bertz CT molecular complexity index is 766. The van der Waals surface area contributed by atoms with Crippen LogP contribution in [-0.2, 0) is 27.9 Å². The number of fused-ring (bicyclic) bond motifs is 1. The Hall–Kier alpha value is -1.85. The van der Waals surface area contributed by atoms with Gasteiger partial charge in [-0.3, -0.25) is 4.79 Å². The number of amides is 1. The molecule has 0 saturated heterocycles. The summed E-state index contributed by atoms with van der Waals surface area (Å²) in [7, 11) is 0. The van der Waals surface area contributed by atoms with E-state index >= 15 is 0 Å². The van der Waals surface area contributed by atoms with Gasteiger partial charge in [0.1, 0.15) is 18.2 Å². The summed E-state index contributed by atoms with van der Waals surface area (Å²) in [6.45, 7) is 7.58. The molecule has 2 heterocycles. The van der Waals surface area contributed by atoms with E-state index in [9.17, 15) is 4.79 Å². The van der Waals surface area contributed by atoms with Crippen LogP contribution in [-0.4, -0.2) is 34.8 Å². The minimum absolute atomic E-state index is 0.0821. The fourth-order valence-corrected chi connectivity index (χ4v) is 3.23. The Kier molecular flexibility index (Phi) is 5.68. The lowest BCUT2D eigenvalue weighted by Gasteiger charge is -2.30. The van der Waals surface area contributed by atoms with Gasteiger partial charge in [0, 0.05) is 5.41 Å². The molecule has 0 aliphatic carbocycles. The Morgan fingerprint density at radius 2 is 2.12 bits per heavy atom. The summed E-state index contributed by atoms with van der Waals surface area (Å²) in [6, 6.07) is 8.20. The van der Waals surface area contributed by atoms with Gasteiger partial charge in [0.2, 0.25) is 11.8 Å². The molecule has 6 heteroatoms. The van der Waals surface area contributed by atoms with Crippen molar-refractivity contribution in [2.75, 3.05) is 19.0 Å². The second-order valence-electron chi connectivity index (χ2n) is 7.59. The molecule has 140 valence electrons. The first-order chi connectivity index (χ1) is 12.4. The van der Waals surface area contributed by atoms with Crippen molar-refractivity contribution < 1.29 is 13.9 Å². The summed E-state index contributed by atoms with van der Waals surface area (Å²) in [5, 5.41) is 0. The molecule has 1 unspecified atom stereocenters. The highest BCUT2D eigenvalue weighted by atomic mass is 35.5. The van der Waals surface area contributed by atoms with Crippen molar-refractivity contribution in [3.8, 4) is 0 Å². The van der Waals surface area contributed by atoms with E-state index in [0.717, 1.165) is 17.7 Å². The van der Waals surface area contributed by atoms with Gasteiger partial charge in [0.15, 0.2) is 0 Å². The number of rotatable bonds is 5. The second-order valence-corrected chi connectivity index (χ2v) is 7.86. The smallest absolute Gasteiger partial charge is 0.238 e. The molecule has 1 aliphatic rings. The van der Waals surface area contributed by atoms with E-state index in [1.54, 1.807) is 11.2 Å². The Morgan fingerprint density at radius 3 is 2.81 bits per heavy atom. The summed E-state index contributed by atoms with van der Waals surface area (Å²) in [6.07, 6.45) is 2.39. The highest BCUT2D eigenvalue weighted by Crippen LogP contribution is 2.28. The molecule has 0 spiro atoms. The van der Waals surface area contributed by atoms with Gasteiger partial charge in [0.05, 0.1) is 25.4 Å². The molecule has 3 rings (SSSR count). The zero-order chi connectivity index (χ0) is 18.7. The number of carbonyl (C=O) groups excluding carboxylic acids is 1. The molecule has 1 amide bonds. The Balaban J connectivity index is 1.77. The van der Waals surface area contributed by atoms with E-state index < -0.39 is 0 Å². The van der Waals surface area contributed by atoms with E-state index in [-0.39, 0.29) is 29.9 Å². The molecular weight excluding hydrogens is 352 g/mol. The number of alkyl halides is 1. The van der Waals surface area contributed by atoms with E-state index in [0.29, 0.717) is 19.0 Å². The van der Waals surface area contributed by atoms with Gasteiger partial charge in [0.25, 0.3) is 0 Å². The molecule has 1 aromatic heterocycles. The number of ether oxygens (including phenoxy) is 1. The zero-order valence-corrected chi connectivity index (χ0v) is 16.3. The van der Waals surface area contributed by atoms with Crippen LogP contribution in [0.25, 0.3) is 0 Å². The van der Waals surface area contributed by atoms with Crippen LogP contribution in [0.15, 0.2) is 34.9 Å². The fraction of sp³-hybridized carbons (Fsp3) is 0.500. The van der Waals surface area contributed by atoms with Crippen LogP contribution in [0.4, 0.5) is 0 Å². The number of oxazole rings is 1. The summed E-state index contributed by atoms with van der Waals surface area (Å²) < 4.78 is 11.5. The lowest BCUT2D eigenvalue weighted by atomic mass is 9.93. The third-order valence-electron chi connectivity index (χ3n) is 4.59. The maximum absolute atomic E-state index is 12.4. The molecule has 26 heavy (non-hydrogen) atoms. The normalized spacial score (nSPS) is 17.0. The first-order valence-corrected chi connectivity index (χ1v) is 9.40. The molecule has 5 nitrogen and oxygen atoms in total. The fourth-order valence-electron chi connectivity index (χ4n) is 3.06. The van der Waals surface area contributed by atoms with Crippen molar-refractivity contribution in [3.05, 3.63) is 53.2 Å². The second kappa shape index (κ2) is 7.80. The summed E-state index contributed by atoms with van der Waals surface area (Å²) in [5.74, 6) is 0.271. The van der Waals surface area contributed by atoms with Crippen LogP contribution in [0.2, 0.25) is 0 Å². The van der Waals surface area contributed by atoms with E-state index in [1.165, 1.54) is 5.56 Å². The third kappa shape index (κ3) is 4.27. The van der Waals surface area contributed by atoms with E-state index in [1.807, 2.05) is 12.1 Å². The average Bonchev–Trinajstić information content (AvgIpc) is 3.10. The lowest BCUT2D eigenvalue weighted by molar-refractivity contribution is -0.131. The summed E-state index contributed by atoms with van der Waals surface area (Å²) in [5.41, 5.74) is 3.17. The monoisotopic (exact) mass is 376 g/mol. The van der Waals surface area contributed by atoms with Gasteiger partial charge < -0.3 is 14.1 Å². The molecule has 1 atom stereocenters. The Labute approximate surface area is 159 Å². The molecule has 0 saturated carbocycles. The van der Waals surface area contributed by atoms with Crippen molar-refractivity contribution in [1.29, 1.82) is 0 Å². The predicted octanol–water partition coefficient (Wildman–Crippen LogP) is 3.85. The summed E-state index contributed by atoms with van der Waals surface area (Å²) >= 11 is 5.83. The highest BCUT2D eigenvalue weighted by molar-refractivity contribution is 6.27. The number of aromatic nitrogens is 1. The molecule has 0 bridgehead atoms. The van der Waals surface area contributed by atoms with Crippen molar-refractivity contribution in [1.82, 2.24) is 9.88 Å². The third-order valence-corrected chi connectivity index (χ3v) is 4.82. The van der Waals surface area contributed by atoms with Crippen LogP contribution >= 0.6 is 11.6 Å². The molecule has 0 fully saturated rings. The van der Waals surface area contributed by atoms with Crippen LogP contribution < -0.4 is 0 Å². The minimum Gasteiger partial charge on any atom is -0.447 e. The van der Waals surface area contributed by atoms with Gasteiger partial charge in [-0.2, -0.15) is 0 Å². The SMILES string of the molecule is CC(C)(C)c1coc(CN(CC2OCCc3ccccc32)C(=O)CCl)n1. The van der Waals surface area contributed by atoms with Crippen molar-refractivity contribution >= 4 is 17.5 Å². The first kappa shape index (κ1) is 18.9. The van der Waals surface area contributed by atoms with Gasteiger partial charge in [-0.25, -0.2) is 4.98 Å². The first-order valence-electron chi connectivity index (χ1n) is 8.86. The quantitative estimate of drug-likeness (QED) is 0.743. The van der Waals surface area contributed by atoms with E-state index in [4.69, 9.17) is 20.8 Å². The molecule has 0 radical (unpaired) electrons. The maximum atomic E-state index is 12.4. The number of hydrogen-bond donors (Lipinski definition) is 0. The van der Waals surface area contributed by atoms with E-state index in [2.05, 4.69) is 37.9 Å².